The topological polar surface area (TPSA) is 86.5 Å². The number of hydrogen-bond acceptors (Lipinski definition) is 5. The second-order valence-electron chi connectivity index (χ2n) is 4.97. The van der Waals surface area contributed by atoms with Gasteiger partial charge in [0.15, 0.2) is 12.4 Å². The van der Waals surface area contributed by atoms with Crippen molar-refractivity contribution in [2.45, 2.75) is 11.2 Å². The number of esters is 1. The number of non-ortho nitro benzene ring substituents is 1. The lowest BCUT2D eigenvalue weighted by molar-refractivity contribution is -0.384. The molecule has 0 N–H and O–H groups in total. The van der Waals surface area contributed by atoms with Crippen molar-refractivity contribution >= 4 is 33.4 Å². The summed E-state index contributed by atoms with van der Waals surface area (Å²) in [6.45, 7) is -0.398. The lowest BCUT2D eigenvalue weighted by Gasteiger charge is -2.09. The van der Waals surface area contributed by atoms with Gasteiger partial charge in [0, 0.05) is 22.5 Å². The highest BCUT2D eigenvalue weighted by Crippen LogP contribution is 2.26. The quantitative estimate of drug-likeness (QED) is 0.235. The molecule has 0 bridgehead atoms. The van der Waals surface area contributed by atoms with Crippen LogP contribution in [0.15, 0.2) is 54.6 Å². The second-order valence-corrected chi connectivity index (χ2v) is 6.08. The van der Waals surface area contributed by atoms with Crippen LogP contribution >= 0.6 is 15.9 Å². The van der Waals surface area contributed by atoms with Crippen molar-refractivity contribution in [2.75, 3.05) is 6.61 Å². The Morgan fingerprint density at radius 2 is 1.71 bits per heavy atom. The summed E-state index contributed by atoms with van der Waals surface area (Å²) in [5.74, 6) is -0.917. The maximum Gasteiger partial charge on any atom is 0.307 e. The lowest BCUT2D eigenvalue weighted by Crippen LogP contribution is -2.15. The van der Waals surface area contributed by atoms with Crippen molar-refractivity contribution in [3.8, 4) is 0 Å². The summed E-state index contributed by atoms with van der Waals surface area (Å²) in [6, 6.07) is 14.5. The zero-order valence-electron chi connectivity index (χ0n) is 12.6. The average molecular weight is 392 g/mol. The molecule has 6 nitrogen and oxygen atoms in total. The number of nitro groups is 1. The number of hydrogen-bond donors (Lipinski definition) is 0. The van der Waals surface area contributed by atoms with Gasteiger partial charge in [0.1, 0.15) is 0 Å². The van der Waals surface area contributed by atoms with Crippen LogP contribution in [0.2, 0.25) is 0 Å². The molecular weight excluding hydrogens is 378 g/mol. The van der Waals surface area contributed by atoms with Crippen molar-refractivity contribution < 1.29 is 19.2 Å². The fourth-order valence-corrected chi connectivity index (χ4v) is 2.55. The summed E-state index contributed by atoms with van der Waals surface area (Å²) in [4.78, 5) is 33.6. The maximum absolute atomic E-state index is 11.9. The zero-order valence-corrected chi connectivity index (χ0v) is 14.1. The van der Waals surface area contributed by atoms with Crippen LogP contribution in [0.25, 0.3) is 0 Å². The number of alkyl halides is 1. The van der Waals surface area contributed by atoms with E-state index in [1.807, 2.05) is 30.3 Å². The van der Waals surface area contributed by atoms with E-state index in [-0.39, 0.29) is 22.5 Å². The highest BCUT2D eigenvalue weighted by atomic mass is 79.9. The summed E-state index contributed by atoms with van der Waals surface area (Å²) in [6.07, 6.45) is 0.0948. The molecule has 0 saturated heterocycles. The van der Waals surface area contributed by atoms with Crippen LogP contribution in [-0.2, 0) is 9.53 Å². The highest BCUT2D eigenvalue weighted by molar-refractivity contribution is 9.09. The Bertz CT molecular complexity index is 730. The molecule has 0 heterocycles. The molecule has 124 valence electrons. The molecule has 0 saturated carbocycles. The number of nitro benzene ring substituents is 1. The third-order valence-corrected chi connectivity index (χ3v) is 4.12. The fourth-order valence-electron chi connectivity index (χ4n) is 1.98. The normalized spacial score (nSPS) is 11.5. The van der Waals surface area contributed by atoms with Crippen LogP contribution in [0.5, 0.6) is 0 Å². The van der Waals surface area contributed by atoms with Crippen molar-refractivity contribution in [3.63, 3.8) is 0 Å². The van der Waals surface area contributed by atoms with E-state index in [2.05, 4.69) is 15.9 Å². The van der Waals surface area contributed by atoms with Crippen molar-refractivity contribution in [2.24, 2.45) is 0 Å². The molecule has 0 radical (unpaired) electrons. The molecule has 7 heteroatoms. The number of benzene rings is 2. The summed E-state index contributed by atoms with van der Waals surface area (Å²) >= 11 is 3.41. The fraction of sp³-hybridized carbons (Fsp3) is 0.176. The summed E-state index contributed by atoms with van der Waals surface area (Å²) in [5, 5.41) is 10.6. The molecule has 0 aliphatic carbocycles. The third kappa shape index (κ3) is 4.99. The number of carbonyl (C=O) groups is 2. The Balaban J connectivity index is 1.84. The number of Topliss-reactive ketones (excluding diaryl/α,β-unsaturated/α-hetero) is 1. The van der Waals surface area contributed by atoms with E-state index >= 15 is 0 Å². The Morgan fingerprint density at radius 1 is 1.08 bits per heavy atom. The predicted molar refractivity (Wildman–Crippen MR) is 91.1 cm³/mol. The molecule has 0 aliphatic heterocycles. The number of ketones is 1. The van der Waals surface area contributed by atoms with Gasteiger partial charge in [-0.15, -0.1) is 0 Å². The zero-order chi connectivity index (χ0) is 17.5. The number of ether oxygens (including phenoxy) is 1. The van der Waals surface area contributed by atoms with Gasteiger partial charge in [-0.3, -0.25) is 19.7 Å². The molecule has 0 aliphatic rings. The van der Waals surface area contributed by atoms with Gasteiger partial charge in [0.25, 0.3) is 5.69 Å². The Kier molecular flexibility index (Phi) is 6.20. The SMILES string of the molecule is O=C(CC(Br)c1ccccc1)OCC(=O)c1ccc([N+](=O)[O-])cc1. The van der Waals surface area contributed by atoms with E-state index in [0.717, 1.165) is 5.56 Å². The molecule has 2 rings (SSSR count). The summed E-state index contributed by atoms with van der Waals surface area (Å²) in [7, 11) is 0. The maximum atomic E-state index is 11.9. The van der Waals surface area contributed by atoms with Crippen LogP contribution < -0.4 is 0 Å². The van der Waals surface area contributed by atoms with E-state index < -0.39 is 23.3 Å². The first kappa shape index (κ1) is 17.8. The first-order valence-corrected chi connectivity index (χ1v) is 8.01. The van der Waals surface area contributed by atoms with Crippen LogP contribution in [0.1, 0.15) is 27.2 Å². The first-order valence-electron chi connectivity index (χ1n) is 7.09. The molecular formula is C17H14BrNO5. The molecule has 2 aromatic rings. The monoisotopic (exact) mass is 391 g/mol. The van der Waals surface area contributed by atoms with Crippen molar-refractivity contribution in [1.82, 2.24) is 0 Å². The van der Waals surface area contributed by atoms with E-state index in [4.69, 9.17) is 4.74 Å². The van der Waals surface area contributed by atoms with E-state index in [1.165, 1.54) is 24.3 Å². The van der Waals surface area contributed by atoms with Gasteiger partial charge in [-0.25, -0.2) is 0 Å². The summed E-state index contributed by atoms with van der Waals surface area (Å²) < 4.78 is 4.98. The second kappa shape index (κ2) is 8.35. The van der Waals surface area contributed by atoms with Crippen LogP contribution in [0.3, 0.4) is 0 Å². The molecule has 1 unspecified atom stereocenters. The Hall–Kier alpha value is -2.54. The molecule has 0 aromatic heterocycles. The first-order chi connectivity index (χ1) is 11.5. The number of nitrogens with zero attached hydrogens (tertiary/aromatic N) is 1. The average Bonchev–Trinajstić information content (AvgIpc) is 2.60. The number of halogens is 1. The smallest absolute Gasteiger partial charge is 0.307 e. The van der Waals surface area contributed by atoms with Crippen molar-refractivity contribution in [3.05, 3.63) is 75.8 Å². The molecule has 2 aromatic carbocycles. The van der Waals surface area contributed by atoms with E-state index in [0.29, 0.717) is 0 Å². The Labute approximate surface area is 146 Å². The minimum absolute atomic E-state index is 0.0948. The molecule has 0 fully saturated rings. The summed E-state index contributed by atoms with van der Waals surface area (Å²) in [5.41, 5.74) is 1.09. The van der Waals surface area contributed by atoms with Gasteiger partial charge >= 0.3 is 5.97 Å². The van der Waals surface area contributed by atoms with E-state index in [1.54, 1.807) is 0 Å². The van der Waals surface area contributed by atoms with E-state index in [9.17, 15) is 19.7 Å². The lowest BCUT2D eigenvalue weighted by atomic mass is 10.1. The molecule has 1 atom stereocenters. The van der Waals surface area contributed by atoms with Gasteiger partial charge < -0.3 is 4.74 Å². The Morgan fingerprint density at radius 3 is 2.29 bits per heavy atom. The minimum Gasteiger partial charge on any atom is -0.457 e. The van der Waals surface area contributed by atoms with Gasteiger partial charge in [-0.05, 0) is 17.7 Å². The molecule has 0 amide bonds. The predicted octanol–water partition coefficient (Wildman–Crippen LogP) is 3.85. The molecule has 0 spiro atoms. The number of carbonyl (C=O) groups excluding carboxylic acids is 2. The molecule has 24 heavy (non-hydrogen) atoms. The standard InChI is InChI=1S/C17H14BrNO5/c18-15(12-4-2-1-3-5-12)10-17(21)24-11-16(20)13-6-8-14(9-7-13)19(22)23/h1-9,15H,10-11H2. The van der Waals surface area contributed by atoms with Gasteiger partial charge in [-0.2, -0.15) is 0 Å². The van der Waals surface area contributed by atoms with Gasteiger partial charge in [-0.1, -0.05) is 46.3 Å². The van der Waals surface area contributed by atoms with Crippen molar-refractivity contribution in [1.29, 1.82) is 0 Å². The van der Waals surface area contributed by atoms with Gasteiger partial charge in [0.2, 0.25) is 0 Å². The highest BCUT2D eigenvalue weighted by Gasteiger charge is 2.16. The van der Waals surface area contributed by atoms with Crippen LogP contribution in [0, 0.1) is 10.1 Å². The van der Waals surface area contributed by atoms with Crippen LogP contribution in [-0.4, -0.2) is 23.3 Å². The van der Waals surface area contributed by atoms with Gasteiger partial charge in [0.05, 0.1) is 11.3 Å². The largest absolute Gasteiger partial charge is 0.457 e. The van der Waals surface area contributed by atoms with Crippen LogP contribution in [0.4, 0.5) is 5.69 Å². The third-order valence-electron chi connectivity index (χ3n) is 3.27. The minimum atomic E-state index is -0.548. The number of rotatable bonds is 7.